The second-order valence-electron chi connectivity index (χ2n) is 2.03. The molecule has 6 heteroatoms. The first kappa shape index (κ1) is 11.9. The Kier molecular flexibility index (Phi) is 6.85. The molecule has 0 aliphatic rings. The van der Waals surface area contributed by atoms with E-state index in [1.807, 2.05) is 0 Å². The number of hydrogen-bond acceptors (Lipinski definition) is 6. The Bertz CT molecular complexity index is 148. The third-order valence-corrected chi connectivity index (χ3v) is 0.858. The fraction of sp³-hybridized carbons (Fsp3) is 0.714. The Balaban J connectivity index is 3.00. The zero-order valence-corrected chi connectivity index (χ0v) is 7.57. The highest BCUT2D eigenvalue weighted by atomic mass is 16.8. The summed E-state index contributed by atoms with van der Waals surface area (Å²) >= 11 is 0. The SMILES string of the molecule is CC(=O)OCOCOCOC(C)=O. The molecule has 0 radical (unpaired) electrons. The molecule has 0 spiro atoms. The maximum Gasteiger partial charge on any atom is 0.304 e. The van der Waals surface area contributed by atoms with E-state index in [0.717, 1.165) is 0 Å². The van der Waals surface area contributed by atoms with Crippen molar-refractivity contribution < 1.29 is 28.5 Å². The number of rotatable bonds is 6. The molecule has 13 heavy (non-hydrogen) atoms. The van der Waals surface area contributed by atoms with Crippen LogP contribution in [0.5, 0.6) is 0 Å². The lowest BCUT2D eigenvalue weighted by Crippen LogP contribution is -2.10. The molecule has 0 heterocycles. The smallest absolute Gasteiger partial charge is 0.304 e. The van der Waals surface area contributed by atoms with E-state index < -0.39 is 11.9 Å². The Morgan fingerprint density at radius 1 is 0.846 bits per heavy atom. The molecule has 0 rings (SSSR count). The first-order valence-corrected chi connectivity index (χ1v) is 3.55. The van der Waals surface area contributed by atoms with Gasteiger partial charge in [-0.1, -0.05) is 0 Å². The Labute approximate surface area is 75.7 Å². The minimum absolute atomic E-state index is 0.0967. The van der Waals surface area contributed by atoms with Gasteiger partial charge in [0.05, 0.1) is 0 Å². The number of carbonyl (C=O) groups is 2. The maximum atomic E-state index is 10.2. The third-order valence-electron chi connectivity index (χ3n) is 0.858. The number of esters is 2. The fourth-order valence-corrected chi connectivity index (χ4v) is 0.376. The van der Waals surface area contributed by atoms with Crippen LogP contribution in [0.4, 0.5) is 0 Å². The van der Waals surface area contributed by atoms with Gasteiger partial charge in [0.2, 0.25) is 0 Å². The van der Waals surface area contributed by atoms with Crippen LogP contribution >= 0.6 is 0 Å². The van der Waals surface area contributed by atoms with Gasteiger partial charge in [-0.25, -0.2) is 0 Å². The van der Waals surface area contributed by atoms with E-state index in [9.17, 15) is 9.59 Å². The summed E-state index contributed by atoms with van der Waals surface area (Å²) in [5.74, 6) is -0.861. The predicted octanol–water partition coefficient (Wildman–Crippen LogP) is 0.0183. The van der Waals surface area contributed by atoms with Gasteiger partial charge in [-0.3, -0.25) is 9.59 Å². The molecule has 0 unspecified atom stereocenters. The average Bonchev–Trinajstić information content (AvgIpc) is 2.01. The molecule has 0 bridgehead atoms. The molecule has 0 saturated carbocycles. The van der Waals surface area contributed by atoms with Crippen molar-refractivity contribution in [2.24, 2.45) is 0 Å². The Morgan fingerprint density at radius 2 is 1.23 bits per heavy atom. The summed E-state index contributed by atoms with van der Waals surface area (Å²) in [6, 6.07) is 0. The highest BCUT2D eigenvalue weighted by Gasteiger charge is 1.93. The summed E-state index contributed by atoms with van der Waals surface area (Å²) in [6.45, 7) is 2.09. The van der Waals surface area contributed by atoms with Gasteiger partial charge in [-0.2, -0.15) is 0 Å². The van der Waals surface area contributed by atoms with Crippen LogP contribution in [0.25, 0.3) is 0 Å². The first-order valence-electron chi connectivity index (χ1n) is 3.55. The van der Waals surface area contributed by atoms with Crippen molar-refractivity contribution in [3.63, 3.8) is 0 Å². The summed E-state index contributed by atoms with van der Waals surface area (Å²) in [5, 5.41) is 0. The maximum absolute atomic E-state index is 10.2. The van der Waals surface area contributed by atoms with Gasteiger partial charge in [0.25, 0.3) is 0 Å². The van der Waals surface area contributed by atoms with Gasteiger partial charge in [0.15, 0.2) is 20.4 Å². The fourth-order valence-electron chi connectivity index (χ4n) is 0.376. The second-order valence-corrected chi connectivity index (χ2v) is 2.03. The van der Waals surface area contributed by atoms with Crippen LogP contribution in [-0.4, -0.2) is 32.3 Å². The largest absolute Gasteiger partial charge is 0.439 e. The molecular formula is C7H12O6. The van der Waals surface area contributed by atoms with Crippen LogP contribution in [-0.2, 0) is 28.5 Å². The summed E-state index contributed by atoms with van der Waals surface area (Å²) in [5.41, 5.74) is 0. The lowest BCUT2D eigenvalue weighted by Gasteiger charge is -2.05. The van der Waals surface area contributed by atoms with Crippen LogP contribution in [0.1, 0.15) is 13.8 Å². The number of hydrogen-bond donors (Lipinski definition) is 0. The molecule has 0 atom stereocenters. The van der Waals surface area contributed by atoms with Gasteiger partial charge in [0, 0.05) is 13.8 Å². The van der Waals surface area contributed by atoms with Crippen LogP contribution in [0.2, 0.25) is 0 Å². The molecular weight excluding hydrogens is 180 g/mol. The van der Waals surface area contributed by atoms with E-state index in [2.05, 4.69) is 18.9 Å². The van der Waals surface area contributed by atoms with Crippen molar-refractivity contribution in [1.29, 1.82) is 0 Å². The van der Waals surface area contributed by atoms with Crippen molar-refractivity contribution >= 4 is 11.9 Å². The summed E-state index contributed by atoms with van der Waals surface area (Å²) in [4.78, 5) is 20.4. The van der Waals surface area contributed by atoms with Crippen molar-refractivity contribution in [1.82, 2.24) is 0 Å². The summed E-state index contributed by atoms with van der Waals surface area (Å²) < 4.78 is 18.2. The summed E-state index contributed by atoms with van der Waals surface area (Å²) in [6.07, 6.45) is 0. The lowest BCUT2D eigenvalue weighted by atomic mass is 10.8. The molecule has 0 aromatic rings. The van der Waals surface area contributed by atoms with Gasteiger partial charge < -0.3 is 18.9 Å². The monoisotopic (exact) mass is 192 g/mol. The van der Waals surface area contributed by atoms with E-state index in [1.54, 1.807) is 0 Å². The molecule has 0 fully saturated rings. The van der Waals surface area contributed by atoms with Crippen molar-refractivity contribution in [3.05, 3.63) is 0 Å². The second kappa shape index (κ2) is 7.51. The van der Waals surface area contributed by atoms with E-state index in [1.165, 1.54) is 13.8 Å². The predicted molar refractivity (Wildman–Crippen MR) is 40.3 cm³/mol. The molecule has 0 aromatic heterocycles. The van der Waals surface area contributed by atoms with Gasteiger partial charge in [0.1, 0.15) is 0 Å². The van der Waals surface area contributed by atoms with E-state index in [-0.39, 0.29) is 20.4 Å². The average molecular weight is 192 g/mol. The summed E-state index contributed by atoms with van der Waals surface area (Å²) in [7, 11) is 0. The number of ether oxygens (including phenoxy) is 4. The van der Waals surface area contributed by atoms with Crippen LogP contribution in [0, 0.1) is 0 Å². The van der Waals surface area contributed by atoms with Crippen LogP contribution < -0.4 is 0 Å². The minimum Gasteiger partial charge on any atom is -0.439 e. The zero-order chi connectivity index (χ0) is 10.1. The Hall–Kier alpha value is -1.14. The molecule has 0 N–H and O–H groups in total. The molecule has 76 valence electrons. The van der Waals surface area contributed by atoms with E-state index in [4.69, 9.17) is 0 Å². The topological polar surface area (TPSA) is 71.1 Å². The molecule has 0 aliphatic carbocycles. The van der Waals surface area contributed by atoms with E-state index >= 15 is 0 Å². The molecule has 0 aromatic carbocycles. The van der Waals surface area contributed by atoms with Crippen molar-refractivity contribution in [2.75, 3.05) is 20.4 Å². The lowest BCUT2D eigenvalue weighted by molar-refractivity contribution is -0.184. The Morgan fingerprint density at radius 3 is 1.54 bits per heavy atom. The first-order chi connectivity index (χ1) is 6.13. The highest BCUT2D eigenvalue weighted by molar-refractivity contribution is 5.66. The third kappa shape index (κ3) is 10.9. The van der Waals surface area contributed by atoms with Gasteiger partial charge >= 0.3 is 11.9 Å². The van der Waals surface area contributed by atoms with Crippen molar-refractivity contribution in [3.8, 4) is 0 Å². The van der Waals surface area contributed by atoms with Crippen LogP contribution in [0.15, 0.2) is 0 Å². The molecule has 0 amide bonds. The quantitative estimate of drug-likeness (QED) is 0.335. The zero-order valence-electron chi connectivity index (χ0n) is 7.57. The highest BCUT2D eigenvalue weighted by Crippen LogP contribution is 1.83. The minimum atomic E-state index is -0.431. The van der Waals surface area contributed by atoms with Gasteiger partial charge in [-0.15, -0.1) is 0 Å². The molecule has 6 nitrogen and oxygen atoms in total. The van der Waals surface area contributed by atoms with Crippen LogP contribution in [0.3, 0.4) is 0 Å². The van der Waals surface area contributed by atoms with Gasteiger partial charge in [-0.05, 0) is 0 Å². The number of carbonyl (C=O) groups excluding carboxylic acids is 2. The molecule has 0 saturated heterocycles. The van der Waals surface area contributed by atoms with Crippen molar-refractivity contribution in [2.45, 2.75) is 13.8 Å². The molecule has 0 aliphatic heterocycles. The standard InChI is InChI=1S/C7H12O6/c1-6(8)12-4-10-3-11-5-13-7(2)9/h3-5H2,1-2H3. The van der Waals surface area contributed by atoms with E-state index in [0.29, 0.717) is 0 Å². The normalized spacial score (nSPS) is 9.38.